The molecule has 0 spiro atoms. The average molecular weight is 827 g/mol. The molecule has 0 heterocycles. The van der Waals surface area contributed by atoms with E-state index >= 15 is 0 Å². The van der Waals surface area contributed by atoms with Crippen LogP contribution in [0.15, 0.2) is 109 Å². The summed E-state index contributed by atoms with van der Waals surface area (Å²) in [6.07, 6.45) is 2.24. The third kappa shape index (κ3) is 12.4. The van der Waals surface area contributed by atoms with E-state index in [1.807, 2.05) is 0 Å². The van der Waals surface area contributed by atoms with Gasteiger partial charge in [0.25, 0.3) is 0 Å². The molecule has 0 bridgehead atoms. The monoisotopic (exact) mass is 824 g/mol. The van der Waals surface area contributed by atoms with Crippen molar-refractivity contribution < 1.29 is 20.8 Å². The molecular weight excluding hydrogens is 767 g/mol. The molecule has 0 nitrogen and oxygen atoms in total. The number of hydrogen-bond donors (Lipinski definition) is 0. The van der Waals surface area contributed by atoms with Gasteiger partial charge in [0.15, 0.2) is 0 Å². The van der Waals surface area contributed by atoms with Gasteiger partial charge in [0.2, 0.25) is 0 Å². The van der Waals surface area contributed by atoms with Gasteiger partial charge in [-0.15, -0.1) is 69.1 Å². The van der Waals surface area contributed by atoms with Crippen molar-refractivity contribution in [3.05, 3.63) is 131 Å². The van der Waals surface area contributed by atoms with Gasteiger partial charge in [-0.05, 0) is 46.6 Å². The Morgan fingerprint density at radius 3 is 1.13 bits per heavy atom. The molecule has 0 unspecified atom stereocenters. The fourth-order valence-electron chi connectivity index (χ4n) is 6.63. The van der Waals surface area contributed by atoms with Gasteiger partial charge in [0, 0.05) is 9.52 Å². The summed E-state index contributed by atoms with van der Waals surface area (Å²) in [7, 11) is 11.0. The molecule has 0 N–H and O–H groups in total. The third-order valence-electron chi connectivity index (χ3n) is 9.07. The van der Waals surface area contributed by atoms with Gasteiger partial charge in [0.05, 0.1) is 0 Å². The SMILES string of the molecule is CC(C)Cc1ccc2[cH-]c(C(C)(C)C)cc2c1-c1ccccc1.CC(C)Cc1ccc2[cH-]c(C(C)(C)C)cc2c1-c1ccccc1.C[Si]C.[Cl][Zr+2][Cl]. The first-order valence-electron chi connectivity index (χ1n) is 18.7. The Hall–Kier alpha value is -2.22. The zero-order valence-corrected chi connectivity index (χ0v) is 38.7. The second-order valence-electron chi connectivity index (χ2n) is 16.7. The van der Waals surface area contributed by atoms with Crippen LogP contribution >= 0.6 is 17.0 Å². The predicted molar refractivity (Wildman–Crippen MR) is 234 cm³/mol. The van der Waals surface area contributed by atoms with E-state index in [1.54, 1.807) is 0 Å². The van der Waals surface area contributed by atoms with Crippen LogP contribution in [0.4, 0.5) is 0 Å². The van der Waals surface area contributed by atoms with Crippen molar-refractivity contribution in [3.8, 4) is 22.3 Å². The van der Waals surface area contributed by atoms with Crippen molar-refractivity contribution in [2.75, 3.05) is 0 Å². The molecule has 6 rings (SSSR count). The fourth-order valence-corrected chi connectivity index (χ4v) is 6.63. The minimum atomic E-state index is -0.826. The molecule has 0 aliphatic rings. The van der Waals surface area contributed by atoms with Crippen molar-refractivity contribution in [3.63, 3.8) is 0 Å². The average Bonchev–Trinajstić information content (AvgIpc) is 3.72. The molecule has 0 amide bonds. The van der Waals surface area contributed by atoms with E-state index in [0.717, 1.165) is 22.4 Å². The van der Waals surface area contributed by atoms with E-state index in [-0.39, 0.29) is 10.8 Å². The van der Waals surface area contributed by atoms with Gasteiger partial charge >= 0.3 is 37.9 Å². The maximum atomic E-state index is 4.93. The summed E-state index contributed by atoms with van der Waals surface area (Å²) in [4.78, 5) is 0. The quantitative estimate of drug-likeness (QED) is 0.116. The number of halogens is 2. The number of hydrogen-bond acceptors (Lipinski definition) is 0. The molecule has 4 heteroatoms. The first-order chi connectivity index (χ1) is 24.5. The number of rotatable bonds is 6. The Morgan fingerprint density at radius 2 is 0.865 bits per heavy atom. The molecule has 6 aromatic carbocycles. The van der Waals surface area contributed by atoms with Crippen LogP contribution in [0.5, 0.6) is 0 Å². The van der Waals surface area contributed by atoms with E-state index in [9.17, 15) is 0 Å². The number of fused-ring (bicyclic) bond motifs is 2. The Kier molecular flexibility index (Phi) is 17.4. The second kappa shape index (κ2) is 20.5. The minimum absolute atomic E-state index is 0.186. The molecule has 0 atom stereocenters. The molecule has 0 aromatic heterocycles. The predicted octanol–water partition coefficient (Wildman–Crippen LogP) is 15.6. The van der Waals surface area contributed by atoms with Gasteiger partial charge in [-0.3, -0.25) is 0 Å². The number of benzene rings is 4. The first kappa shape index (κ1) is 44.2. The van der Waals surface area contributed by atoms with Crippen molar-refractivity contribution in [1.82, 2.24) is 0 Å². The molecule has 0 aliphatic heterocycles. The normalized spacial score (nSPS) is 11.4. The van der Waals surface area contributed by atoms with E-state index in [2.05, 4.69) is 192 Å². The van der Waals surface area contributed by atoms with Crippen LogP contribution in [-0.2, 0) is 44.5 Å². The summed E-state index contributed by atoms with van der Waals surface area (Å²) in [5.74, 6) is 1.32. The maximum absolute atomic E-state index is 4.93. The Bertz CT molecular complexity index is 1790. The third-order valence-corrected chi connectivity index (χ3v) is 9.07. The topological polar surface area (TPSA) is 0 Å². The van der Waals surface area contributed by atoms with Crippen LogP contribution in [0.3, 0.4) is 0 Å². The van der Waals surface area contributed by atoms with Crippen LogP contribution in [-0.4, -0.2) is 9.52 Å². The van der Waals surface area contributed by atoms with Crippen LogP contribution in [0.25, 0.3) is 43.8 Å². The molecular formula is C48H60Cl2SiZr. The summed E-state index contributed by atoms with van der Waals surface area (Å²) < 4.78 is 0. The standard InChI is InChI=1S/2C23H27.C2H6Si.2ClH.Zr/c2*1-16(2)13-19-12-11-18-14-20(23(3,4)5)15-21(18)22(19)17-9-7-6-8-10-17;1-3-2;;;/h2*6-12,14-16H,13H2,1-5H3;1-2H3;2*1H;/q2*-1;;;;+4/p-2. The summed E-state index contributed by atoms with van der Waals surface area (Å²) in [6.45, 7) is 27.2. The Morgan fingerprint density at radius 1 is 0.558 bits per heavy atom. The van der Waals surface area contributed by atoms with Crippen LogP contribution in [0, 0.1) is 11.8 Å². The molecule has 0 saturated carbocycles. The van der Waals surface area contributed by atoms with E-state index in [4.69, 9.17) is 17.0 Å². The summed E-state index contributed by atoms with van der Waals surface area (Å²) in [6, 6.07) is 40.5. The van der Waals surface area contributed by atoms with Crippen LogP contribution < -0.4 is 0 Å². The summed E-state index contributed by atoms with van der Waals surface area (Å²) in [5, 5.41) is 5.53. The molecule has 0 fully saturated rings. The van der Waals surface area contributed by atoms with E-state index < -0.39 is 20.8 Å². The van der Waals surface area contributed by atoms with Gasteiger partial charge in [-0.2, -0.15) is 12.1 Å². The van der Waals surface area contributed by atoms with Gasteiger partial charge in [0.1, 0.15) is 0 Å². The summed E-state index contributed by atoms with van der Waals surface area (Å²) in [5.41, 5.74) is 11.7. The van der Waals surface area contributed by atoms with Gasteiger partial charge in [-0.25, -0.2) is 0 Å². The zero-order chi connectivity index (χ0) is 38.6. The van der Waals surface area contributed by atoms with Crippen LogP contribution in [0.1, 0.15) is 91.5 Å². The fraction of sp³-hybridized carbons (Fsp3) is 0.375. The van der Waals surface area contributed by atoms with Crippen LogP contribution in [0.2, 0.25) is 13.1 Å². The van der Waals surface area contributed by atoms with E-state index in [0.29, 0.717) is 11.8 Å². The molecule has 2 radical (unpaired) electrons. The molecule has 6 aromatic rings. The molecule has 274 valence electrons. The van der Waals surface area contributed by atoms with E-state index in [1.165, 1.54) is 66.1 Å². The van der Waals surface area contributed by atoms with Crippen molar-refractivity contribution in [2.45, 2.75) is 106 Å². The first-order valence-corrected chi connectivity index (χ1v) is 27.0. The molecule has 0 aliphatic carbocycles. The Balaban J connectivity index is 0.000000244. The summed E-state index contributed by atoms with van der Waals surface area (Å²) >= 11 is -0.826. The Labute approximate surface area is 338 Å². The van der Waals surface area contributed by atoms with Crippen molar-refractivity contribution in [1.29, 1.82) is 0 Å². The zero-order valence-electron chi connectivity index (χ0n) is 33.7. The second-order valence-corrected chi connectivity index (χ2v) is 21.4. The molecule has 52 heavy (non-hydrogen) atoms. The molecule has 0 saturated heterocycles. The van der Waals surface area contributed by atoms with Crippen molar-refractivity contribution in [2.24, 2.45) is 11.8 Å². The van der Waals surface area contributed by atoms with Gasteiger partial charge < -0.3 is 0 Å². The van der Waals surface area contributed by atoms with Gasteiger partial charge in [-0.1, -0.05) is 165 Å². The van der Waals surface area contributed by atoms with Crippen molar-refractivity contribution >= 4 is 48.1 Å².